The molecule has 0 aromatic carbocycles. The second-order valence-electron chi connectivity index (χ2n) is 5.28. The maximum atomic E-state index is 12.0. The molecule has 1 rings (SSSR count). The van der Waals surface area contributed by atoms with Crippen molar-refractivity contribution < 1.29 is 13.2 Å². The number of likely N-dealkylation sites (tertiary alicyclic amines) is 1. The lowest BCUT2D eigenvalue weighted by molar-refractivity contribution is -0.125. The van der Waals surface area contributed by atoms with E-state index < -0.39 is 12.7 Å². The molecule has 0 amide bonds. The Bertz CT molecular complexity index is 216. The SMILES string of the molecule is CC(C)CN1CCCCC1CNCC(F)(F)F. The minimum absolute atomic E-state index is 0.272. The Morgan fingerprint density at radius 2 is 2.00 bits per heavy atom. The lowest BCUT2D eigenvalue weighted by atomic mass is 10.0. The first kappa shape index (κ1) is 14.8. The molecule has 102 valence electrons. The predicted octanol–water partition coefficient (Wildman–Crippen LogP) is 2.65. The summed E-state index contributed by atoms with van der Waals surface area (Å²) in [7, 11) is 0. The van der Waals surface area contributed by atoms with Gasteiger partial charge in [0.1, 0.15) is 0 Å². The number of hydrogen-bond acceptors (Lipinski definition) is 2. The maximum Gasteiger partial charge on any atom is 0.401 e. The highest BCUT2D eigenvalue weighted by Crippen LogP contribution is 2.18. The highest BCUT2D eigenvalue weighted by atomic mass is 19.4. The van der Waals surface area contributed by atoms with E-state index in [1.54, 1.807) is 0 Å². The topological polar surface area (TPSA) is 15.3 Å². The highest BCUT2D eigenvalue weighted by molar-refractivity contribution is 4.79. The molecule has 1 aliphatic rings. The molecule has 0 aromatic heterocycles. The quantitative estimate of drug-likeness (QED) is 0.809. The van der Waals surface area contributed by atoms with E-state index in [0.29, 0.717) is 12.5 Å². The van der Waals surface area contributed by atoms with Crippen molar-refractivity contribution in [1.82, 2.24) is 10.2 Å². The van der Waals surface area contributed by atoms with E-state index in [0.717, 1.165) is 25.9 Å². The predicted molar refractivity (Wildman–Crippen MR) is 63.0 cm³/mol. The minimum Gasteiger partial charge on any atom is -0.307 e. The van der Waals surface area contributed by atoms with Crippen molar-refractivity contribution in [3.63, 3.8) is 0 Å². The third kappa shape index (κ3) is 6.27. The van der Waals surface area contributed by atoms with E-state index in [2.05, 4.69) is 24.1 Å². The van der Waals surface area contributed by atoms with Gasteiger partial charge in [0.2, 0.25) is 0 Å². The maximum absolute atomic E-state index is 12.0. The van der Waals surface area contributed by atoms with Gasteiger partial charge in [-0.15, -0.1) is 0 Å². The molecule has 0 radical (unpaired) electrons. The summed E-state index contributed by atoms with van der Waals surface area (Å²) in [6, 6.07) is 0.272. The van der Waals surface area contributed by atoms with E-state index in [1.807, 2.05) is 0 Å². The van der Waals surface area contributed by atoms with Crippen LogP contribution in [0, 0.1) is 5.92 Å². The summed E-state index contributed by atoms with van der Waals surface area (Å²) in [5.74, 6) is 0.568. The Balaban J connectivity index is 2.32. The molecule has 1 fully saturated rings. The van der Waals surface area contributed by atoms with Gasteiger partial charge < -0.3 is 5.32 Å². The van der Waals surface area contributed by atoms with Crippen LogP contribution < -0.4 is 5.32 Å². The molecule has 0 aliphatic carbocycles. The van der Waals surface area contributed by atoms with Crippen LogP contribution in [0.2, 0.25) is 0 Å². The fourth-order valence-electron chi connectivity index (χ4n) is 2.38. The summed E-state index contributed by atoms with van der Waals surface area (Å²) < 4.78 is 36.1. The van der Waals surface area contributed by atoms with Crippen LogP contribution in [0.1, 0.15) is 33.1 Å². The molecular formula is C12H23F3N2. The van der Waals surface area contributed by atoms with E-state index in [-0.39, 0.29) is 6.04 Å². The average molecular weight is 252 g/mol. The van der Waals surface area contributed by atoms with Gasteiger partial charge in [-0.25, -0.2) is 0 Å². The fourth-order valence-corrected chi connectivity index (χ4v) is 2.38. The van der Waals surface area contributed by atoms with Gasteiger partial charge in [0.25, 0.3) is 0 Å². The largest absolute Gasteiger partial charge is 0.401 e. The molecule has 0 spiro atoms. The smallest absolute Gasteiger partial charge is 0.307 e. The van der Waals surface area contributed by atoms with Crippen LogP contribution in [0.4, 0.5) is 13.2 Å². The summed E-state index contributed by atoms with van der Waals surface area (Å²) in [4.78, 5) is 2.33. The van der Waals surface area contributed by atoms with Gasteiger partial charge in [-0.1, -0.05) is 20.3 Å². The Kier molecular flexibility index (Phi) is 5.73. The van der Waals surface area contributed by atoms with Crippen LogP contribution in [-0.2, 0) is 0 Å². The third-order valence-corrected chi connectivity index (χ3v) is 3.05. The number of alkyl halides is 3. The van der Waals surface area contributed by atoms with E-state index in [4.69, 9.17) is 0 Å². The average Bonchev–Trinajstić information content (AvgIpc) is 2.18. The van der Waals surface area contributed by atoms with Crippen LogP contribution in [0.3, 0.4) is 0 Å². The van der Waals surface area contributed by atoms with Gasteiger partial charge >= 0.3 is 6.18 Å². The molecule has 1 unspecified atom stereocenters. The molecular weight excluding hydrogens is 229 g/mol. The minimum atomic E-state index is -4.10. The van der Waals surface area contributed by atoms with Crippen molar-refractivity contribution in [2.75, 3.05) is 26.2 Å². The van der Waals surface area contributed by atoms with Crippen LogP contribution in [0.5, 0.6) is 0 Å². The third-order valence-electron chi connectivity index (χ3n) is 3.05. The van der Waals surface area contributed by atoms with Crippen molar-refractivity contribution in [2.24, 2.45) is 5.92 Å². The number of piperidine rings is 1. The summed E-state index contributed by atoms with van der Waals surface area (Å²) in [6.45, 7) is 5.88. The normalized spacial score (nSPS) is 23.3. The van der Waals surface area contributed by atoms with Crippen molar-refractivity contribution in [1.29, 1.82) is 0 Å². The van der Waals surface area contributed by atoms with E-state index in [1.165, 1.54) is 6.42 Å². The number of halogens is 3. The van der Waals surface area contributed by atoms with E-state index in [9.17, 15) is 13.2 Å². The number of nitrogens with one attached hydrogen (secondary N) is 1. The highest BCUT2D eigenvalue weighted by Gasteiger charge is 2.28. The van der Waals surface area contributed by atoms with Crippen molar-refractivity contribution >= 4 is 0 Å². The molecule has 5 heteroatoms. The molecule has 17 heavy (non-hydrogen) atoms. The van der Waals surface area contributed by atoms with Gasteiger partial charge in [-0.2, -0.15) is 13.2 Å². The van der Waals surface area contributed by atoms with Gasteiger partial charge in [0, 0.05) is 19.1 Å². The molecule has 1 aliphatic heterocycles. The van der Waals surface area contributed by atoms with Crippen molar-refractivity contribution in [3.05, 3.63) is 0 Å². The Morgan fingerprint density at radius 3 is 2.59 bits per heavy atom. The first-order chi connectivity index (χ1) is 7.88. The molecule has 0 aromatic rings. The lowest BCUT2D eigenvalue weighted by Gasteiger charge is -2.37. The van der Waals surface area contributed by atoms with Gasteiger partial charge in [0.05, 0.1) is 6.54 Å². The second-order valence-corrected chi connectivity index (χ2v) is 5.28. The first-order valence-corrected chi connectivity index (χ1v) is 6.40. The van der Waals surface area contributed by atoms with Crippen LogP contribution in [-0.4, -0.2) is 43.3 Å². The summed E-state index contributed by atoms with van der Waals surface area (Å²) in [6.07, 6.45) is -0.787. The Labute approximate surface area is 102 Å². The summed E-state index contributed by atoms with van der Waals surface area (Å²) >= 11 is 0. The Morgan fingerprint density at radius 1 is 1.29 bits per heavy atom. The second kappa shape index (κ2) is 6.59. The number of hydrogen-bond donors (Lipinski definition) is 1. The van der Waals surface area contributed by atoms with Gasteiger partial charge in [-0.05, 0) is 25.3 Å². The number of nitrogens with zero attached hydrogens (tertiary/aromatic N) is 1. The summed E-state index contributed by atoms with van der Waals surface area (Å²) in [5.41, 5.74) is 0. The molecule has 0 bridgehead atoms. The van der Waals surface area contributed by atoms with E-state index >= 15 is 0 Å². The van der Waals surface area contributed by atoms with Gasteiger partial charge in [-0.3, -0.25) is 4.90 Å². The lowest BCUT2D eigenvalue weighted by Crippen LogP contribution is -2.48. The standard InChI is InChI=1S/C12H23F3N2/c1-10(2)8-17-6-4-3-5-11(17)7-16-9-12(13,14)15/h10-11,16H,3-9H2,1-2H3. The van der Waals surface area contributed by atoms with Crippen molar-refractivity contribution in [2.45, 2.75) is 45.3 Å². The summed E-state index contributed by atoms with van der Waals surface area (Å²) in [5, 5.41) is 2.53. The van der Waals surface area contributed by atoms with Crippen LogP contribution >= 0.6 is 0 Å². The monoisotopic (exact) mass is 252 g/mol. The zero-order valence-electron chi connectivity index (χ0n) is 10.7. The van der Waals surface area contributed by atoms with Crippen LogP contribution in [0.15, 0.2) is 0 Å². The van der Waals surface area contributed by atoms with Crippen molar-refractivity contribution in [3.8, 4) is 0 Å². The molecule has 1 heterocycles. The number of rotatable bonds is 5. The fraction of sp³-hybridized carbons (Fsp3) is 1.00. The molecule has 1 saturated heterocycles. The first-order valence-electron chi connectivity index (χ1n) is 6.40. The molecule has 1 atom stereocenters. The van der Waals surface area contributed by atoms with Crippen LogP contribution in [0.25, 0.3) is 0 Å². The molecule has 1 N–H and O–H groups in total. The zero-order valence-corrected chi connectivity index (χ0v) is 10.7. The van der Waals surface area contributed by atoms with Gasteiger partial charge in [0.15, 0.2) is 0 Å². The molecule has 2 nitrogen and oxygen atoms in total. The Hall–Kier alpha value is -0.290. The zero-order chi connectivity index (χ0) is 12.9. The molecule has 0 saturated carbocycles.